The summed E-state index contributed by atoms with van der Waals surface area (Å²) in [6.45, 7) is -0.314. The molecule has 0 atom stereocenters. The van der Waals surface area contributed by atoms with Gasteiger partial charge in [-0.3, -0.25) is 9.59 Å². The van der Waals surface area contributed by atoms with Crippen molar-refractivity contribution < 1.29 is 23.4 Å². The normalized spacial score (nSPS) is 10.7. The smallest absolute Gasteiger partial charge is 0.235 e. The first kappa shape index (κ1) is 21.6. The first-order valence-electron chi connectivity index (χ1n) is 9.71. The minimum Gasteiger partial charge on any atom is -0.493 e. The Kier molecular flexibility index (Phi) is 6.28. The fraction of sp³-hybridized carbons (Fsp3) is 0.120. The molecule has 0 spiro atoms. The Morgan fingerprint density at radius 3 is 2.38 bits per heavy atom. The van der Waals surface area contributed by atoms with Crippen molar-refractivity contribution in [2.75, 3.05) is 20.8 Å². The van der Waals surface area contributed by atoms with Crippen molar-refractivity contribution in [3.63, 3.8) is 0 Å². The van der Waals surface area contributed by atoms with Gasteiger partial charge < -0.3 is 18.6 Å². The van der Waals surface area contributed by atoms with Gasteiger partial charge in [-0.15, -0.1) is 0 Å². The maximum absolute atomic E-state index is 13.2. The Morgan fingerprint density at radius 1 is 0.938 bits per heavy atom. The van der Waals surface area contributed by atoms with Crippen LogP contribution in [0.3, 0.4) is 0 Å². The van der Waals surface area contributed by atoms with E-state index in [2.05, 4.69) is 15.9 Å². The molecule has 0 aliphatic carbocycles. The molecular formula is C25H19BrO6. The molecule has 0 aliphatic rings. The van der Waals surface area contributed by atoms with Crippen molar-refractivity contribution in [1.29, 1.82) is 0 Å². The van der Waals surface area contributed by atoms with E-state index in [1.54, 1.807) is 66.7 Å². The number of fused-ring (bicyclic) bond motifs is 1. The molecule has 4 aromatic rings. The molecule has 0 fully saturated rings. The number of Topliss-reactive ketones (excluding diaryl/α,β-unsaturated/α-hetero) is 1. The zero-order valence-electron chi connectivity index (χ0n) is 17.4. The second-order valence-corrected chi connectivity index (χ2v) is 7.79. The average Bonchev–Trinajstić information content (AvgIpc) is 2.83. The molecule has 162 valence electrons. The van der Waals surface area contributed by atoms with Gasteiger partial charge in [0.1, 0.15) is 5.58 Å². The minimum atomic E-state index is -0.361. The van der Waals surface area contributed by atoms with Crippen molar-refractivity contribution in [1.82, 2.24) is 0 Å². The van der Waals surface area contributed by atoms with E-state index in [9.17, 15) is 9.59 Å². The van der Waals surface area contributed by atoms with Gasteiger partial charge in [-0.05, 0) is 42.5 Å². The van der Waals surface area contributed by atoms with Crippen molar-refractivity contribution in [2.24, 2.45) is 0 Å². The zero-order valence-corrected chi connectivity index (χ0v) is 19.0. The summed E-state index contributed by atoms with van der Waals surface area (Å²) in [5.41, 5.74) is 1.08. The standard InChI is InChI=1S/C25H19BrO6/c1-29-21-12-9-16(13-22(21)30-2)24-25(23(28)18-5-3-4-6-20(18)32-24)31-14-19(27)15-7-10-17(26)11-8-15/h3-13H,14H2,1-2H3. The van der Waals surface area contributed by atoms with E-state index < -0.39 is 0 Å². The molecule has 0 bridgehead atoms. The fourth-order valence-corrected chi connectivity index (χ4v) is 3.54. The van der Waals surface area contributed by atoms with Crippen LogP contribution < -0.4 is 19.6 Å². The van der Waals surface area contributed by atoms with Gasteiger partial charge in [-0.2, -0.15) is 0 Å². The molecule has 6 nitrogen and oxygen atoms in total. The topological polar surface area (TPSA) is 75.0 Å². The summed E-state index contributed by atoms with van der Waals surface area (Å²) in [5, 5.41) is 0.364. The summed E-state index contributed by atoms with van der Waals surface area (Å²) < 4.78 is 23.3. The molecule has 3 aromatic carbocycles. The maximum atomic E-state index is 13.2. The molecule has 0 unspecified atom stereocenters. The maximum Gasteiger partial charge on any atom is 0.235 e. The van der Waals surface area contributed by atoms with Crippen LogP contribution >= 0.6 is 15.9 Å². The summed E-state index contributed by atoms with van der Waals surface area (Å²) in [5.74, 6) is 0.910. The predicted molar refractivity (Wildman–Crippen MR) is 125 cm³/mol. The molecule has 0 amide bonds. The van der Waals surface area contributed by atoms with E-state index in [0.29, 0.717) is 33.6 Å². The molecule has 4 rings (SSSR count). The second-order valence-electron chi connectivity index (χ2n) is 6.87. The third-order valence-electron chi connectivity index (χ3n) is 4.92. The highest BCUT2D eigenvalue weighted by Gasteiger charge is 2.20. The highest BCUT2D eigenvalue weighted by molar-refractivity contribution is 9.10. The molecular weight excluding hydrogens is 476 g/mol. The van der Waals surface area contributed by atoms with Crippen LogP contribution in [0.2, 0.25) is 0 Å². The number of ketones is 1. The van der Waals surface area contributed by atoms with Gasteiger partial charge in [-0.1, -0.05) is 40.2 Å². The Balaban J connectivity index is 1.78. The van der Waals surface area contributed by atoms with Gasteiger partial charge in [0, 0.05) is 15.6 Å². The lowest BCUT2D eigenvalue weighted by molar-refractivity contribution is 0.0920. The van der Waals surface area contributed by atoms with Gasteiger partial charge in [0.2, 0.25) is 11.2 Å². The van der Waals surface area contributed by atoms with E-state index in [0.717, 1.165) is 4.47 Å². The van der Waals surface area contributed by atoms with Crippen LogP contribution in [0.4, 0.5) is 0 Å². The molecule has 0 saturated heterocycles. The highest BCUT2D eigenvalue weighted by atomic mass is 79.9. The SMILES string of the molecule is COc1ccc(-c2oc3ccccc3c(=O)c2OCC(=O)c2ccc(Br)cc2)cc1OC. The van der Waals surface area contributed by atoms with Gasteiger partial charge in [0.15, 0.2) is 29.6 Å². The lowest BCUT2D eigenvalue weighted by atomic mass is 10.1. The molecule has 0 aliphatic heterocycles. The van der Waals surface area contributed by atoms with E-state index in [-0.39, 0.29) is 29.3 Å². The number of benzene rings is 3. The van der Waals surface area contributed by atoms with Crippen LogP contribution in [0.5, 0.6) is 17.2 Å². The Morgan fingerprint density at radius 2 is 1.66 bits per heavy atom. The van der Waals surface area contributed by atoms with E-state index >= 15 is 0 Å². The van der Waals surface area contributed by atoms with Crippen LogP contribution in [-0.4, -0.2) is 26.6 Å². The van der Waals surface area contributed by atoms with Crippen LogP contribution in [-0.2, 0) is 0 Å². The zero-order chi connectivity index (χ0) is 22.7. The fourth-order valence-electron chi connectivity index (χ4n) is 3.28. The van der Waals surface area contributed by atoms with Crippen molar-refractivity contribution in [2.45, 2.75) is 0 Å². The van der Waals surface area contributed by atoms with Crippen molar-refractivity contribution >= 4 is 32.7 Å². The molecule has 7 heteroatoms. The predicted octanol–water partition coefficient (Wildman–Crippen LogP) is 5.50. The summed E-state index contributed by atoms with van der Waals surface area (Å²) in [7, 11) is 3.06. The third kappa shape index (κ3) is 4.24. The molecule has 1 heterocycles. The number of hydrogen-bond donors (Lipinski definition) is 0. The minimum absolute atomic E-state index is 0.0404. The molecule has 32 heavy (non-hydrogen) atoms. The molecule has 1 aromatic heterocycles. The number of carbonyl (C=O) groups excluding carboxylic acids is 1. The third-order valence-corrected chi connectivity index (χ3v) is 5.44. The number of para-hydroxylation sites is 1. The Labute approximate surface area is 192 Å². The number of hydrogen-bond acceptors (Lipinski definition) is 6. The largest absolute Gasteiger partial charge is 0.493 e. The summed E-state index contributed by atoms with van der Waals surface area (Å²) >= 11 is 3.34. The number of methoxy groups -OCH3 is 2. The average molecular weight is 495 g/mol. The first-order valence-corrected chi connectivity index (χ1v) is 10.5. The first-order chi connectivity index (χ1) is 15.5. The van der Waals surface area contributed by atoms with Gasteiger partial charge in [0.05, 0.1) is 19.6 Å². The van der Waals surface area contributed by atoms with Crippen LogP contribution in [0.15, 0.2) is 80.4 Å². The van der Waals surface area contributed by atoms with Crippen LogP contribution in [0.25, 0.3) is 22.3 Å². The number of carbonyl (C=O) groups is 1. The van der Waals surface area contributed by atoms with E-state index in [1.165, 1.54) is 14.2 Å². The summed E-state index contributed by atoms with van der Waals surface area (Å²) in [4.78, 5) is 25.9. The van der Waals surface area contributed by atoms with Crippen molar-refractivity contribution in [3.8, 4) is 28.6 Å². The van der Waals surface area contributed by atoms with Crippen LogP contribution in [0, 0.1) is 0 Å². The van der Waals surface area contributed by atoms with E-state index in [1.807, 2.05) is 0 Å². The van der Waals surface area contributed by atoms with E-state index in [4.69, 9.17) is 18.6 Å². The van der Waals surface area contributed by atoms with Gasteiger partial charge in [0.25, 0.3) is 0 Å². The Bertz CT molecular complexity index is 1340. The van der Waals surface area contributed by atoms with Gasteiger partial charge in [-0.25, -0.2) is 0 Å². The number of halogens is 1. The lowest BCUT2D eigenvalue weighted by Gasteiger charge is -2.13. The molecule has 0 saturated carbocycles. The summed E-state index contributed by atoms with van der Waals surface area (Å²) in [6.07, 6.45) is 0. The second kappa shape index (κ2) is 9.28. The molecule has 0 radical (unpaired) electrons. The van der Waals surface area contributed by atoms with Gasteiger partial charge >= 0.3 is 0 Å². The number of rotatable bonds is 7. The van der Waals surface area contributed by atoms with Crippen LogP contribution in [0.1, 0.15) is 10.4 Å². The highest BCUT2D eigenvalue weighted by Crippen LogP contribution is 2.36. The Hall–Kier alpha value is -3.58. The summed E-state index contributed by atoms with van der Waals surface area (Å²) in [6, 6.07) is 18.9. The van der Waals surface area contributed by atoms with Crippen molar-refractivity contribution in [3.05, 3.63) is 87.0 Å². The number of ether oxygens (including phenoxy) is 3. The molecule has 0 N–H and O–H groups in total. The quantitative estimate of drug-likeness (QED) is 0.315. The lowest BCUT2D eigenvalue weighted by Crippen LogP contribution is -2.17. The monoisotopic (exact) mass is 494 g/mol.